The number of methoxy groups -OCH3 is 1. The summed E-state index contributed by atoms with van der Waals surface area (Å²) in [6, 6.07) is 7.87. The molecular formula is C19H20Cl2FNO5S. The van der Waals surface area contributed by atoms with Gasteiger partial charge in [0.1, 0.15) is 5.75 Å². The number of hydrogen-bond acceptors (Lipinski definition) is 5. The van der Waals surface area contributed by atoms with Gasteiger partial charge in [0.05, 0.1) is 23.6 Å². The Hall–Kier alpha value is -2.03. The molecule has 158 valence electrons. The lowest BCUT2D eigenvalue weighted by Gasteiger charge is -2.26. The Balaban J connectivity index is 2.42. The van der Waals surface area contributed by atoms with Gasteiger partial charge in [-0.05, 0) is 43.7 Å². The number of rotatable bonds is 8. The topological polar surface area (TPSA) is 72.9 Å². The fraction of sp³-hybridized carbons (Fsp3) is 0.316. The van der Waals surface area contributed by atoms with Gasteiger partial charge in [-0.1, -0.05) is 30.1 Å². The van der Waals surface area contributed by atoms with Crippen LogP contribution < -0.4 is 13.8 Å². The molecule has 1 atom stereocenters. The molecule has 0 radical (unpaired) electrons. The summed E-state index contributed by atoms with van der Waals surface area (Å²) in [5.41, 5.74) is -0.153. The largest absolute Gasteiger partial charge is 0.494 e. The summed E-state index contributed by atoms with van der Waals surface area (Å²) in [5.74, 6) is -1.92. The number of amides is 1. The van der Waals surface area contributed by atoms with Gasteiger partial charge < -0.3 is 9.47 Å². The molecule has 2 rings (SSSR count). The first-order valence-electron chi connectivity index (χ1n) is 8.62. The van der Waals surface area contributed by atoms with E-state index in [1.54, 1.807) is 6.92 Å². The van der Waals surface area contributed by atoms with Crippen LogP contribution in [-0.2, 0) is 14.8 Å². The van der Waals surface area contributed by atoms with E-state index >= 15 is 0 Å². The smallest absolute Gasteiger partial charge is 0.281 e. The van der Waals surface area contributed by atoms with E-state index in [9.17, 15) is 17.6 Å². The molecule has 0 heterocycles. The highest BCUT2D eigenvalue weighted by atomic mass is 35.5. The van der Waals surface area contributed by atoms with Gasteiger partial charge in [0.25, 0.3) is 5.91 Å². The Morgan fingerprint density at radius 1 is 1.17 bits per heavy atom. The Morgan fingerprint density at radius 2 is 1.83 bits per heavy atom. The summed E-state index contributed by atoms with van der Waals surface area (Å²) in [4.78, 5) is 13.0. The van der Waals surface area contributed by atoms with Gasteiger partial charge in [-0.15, -0.1) is 0 Å². The maximum absolute atomic E-state index is 14.2. The summed E-state index contributed by atoms with van der Waals surface area (Å²) in [5, 5.41) is 0.540. The standard InChI is InChI=1S/C19H20Cl2FNO5S/c1-4-9-29(25,26)23(14-6-8-18(27-3)16(22)11-14)19(24)12(2)28-17-7-5-13(20)10-15(17)21/h5-8,10-12H,4,9H2,1-3H3. The predicted octanol–water partition coefficient (Wildman–Crippen LogP) is 4.68. The Morgan fingerprint density at radius 3 is 2.38 bits per heavy atom. The first-order valence-corrected chi connectivity index (χ1v) is 11.0. The van der Waals surface area contributed by atoms with Crippen LogP contribution in [0, 0.1) is 5.82 Å². The van der Waals surface area contributed by atoms with E-state index in [1.165, 1.54) is 44.4 Å². The molecular weight excluding hydrogens is 444 g/mol. The number of ether oxygens (including phenoxy) is 2. The van der Waals surface area contributed by atoms with Crippen molar-refractivity contribution in [3.05, 3.63) is 52.3 Å². The van der Waals surface area contributed by atoms with E-state index in [-0.39, 0.29) is 34.4 Å². The quantitative estimate of drug-likeness (QED) is 0.567. The van der Waals surface area contributed by atoms with Crippen molar-refractivity contribution < 1.29 is 27.1 Å². The van der Waals surface area contributed by atoms with Crippen LogP contribution in [0.3, 0.4) is 0 Å². The molecule has 1 unspecified atom stereocenters. The summed E-state index contributed by atoms with van der Waals surface area (Å²) < 4.78 is 50.6. The highest BCUT2D eigenvalue weighted by Gasteiger charge is 2.33. The lowest BCUT2D eigenvalue weighted by molar-refractivity contribution is -0.123. The van der Waals surface area contributed by atoms with Crippen LogP contribution in [0.25, 0.3) is 0 Å². The van der Waals surface area contributed by atoms with E-state index in [1.807, 2.05) is 0 Å². The molecule has 0 saturated carbocycles. The lowest BCUT2D eigenvalue weighted by Crippen LogP contribution is -2.45. The van der Waals surface area contributed by atoms with Crippen LogP contribution >= 0.6 is 23.2 Å². The molecule has 1 amide bonds. The van der Waals surface area contributed by atoms with Gasteiger partial charge in [0.2, 0.25) is 10.0 Å². The molecule has 0 aliphatic carbocycles. The van der Waals surface area contributed by atoms with Crippen LogP contribution in [0.5, 0.6) is 11.5 Å². The van der Waals surface area contributed by atoms with Crippen LogP contribution in [0.2, 0.25) is 10.0 Å². The molecule has 0 spiro atoms. The van der Waals surface area contributed by atoms with Gasteiger partial charge in [-0.3, -0.25) is 4.79 Å². The average Bonchev–Trinajstić information content (AvgIpc) is 2.64. The van der Waals surface area contributed by atoms with Crippen molar-refractivity contribution >= 4 is 44.8 Å². The number of hydrogen-bond donors (Lipinski definition) is 0. The molecule has 0 bridgehead atoms. The third-order valence-electron chi connectivity index (χ3n) is 3.86. The third kappa shape index (κ3) is 5.52. The zero-order valence-corrected chi connectivity index (χ0v) is 18.3. The minimum Gasteiger partial charge on any atom is -0.494 e. The van der Waals surface area contributed by atoms with Gasteiger partial charge in [-0.25, -0.2) is 17.1 Å². The maximum Gasteiger partial charge on any atom is 0.281 e. The highest BCUT2D eigenvalue weighted by Crippen LogP contribution is 2.30. The predicted molar refractivity (Wildman–Crippen MR) is 111 cm³/mol. The van der Waals surface area contributed by atoms with Crippen LogP contribution in [-0.4, -0.2) is 33.3 Å². The molecule has 2 aromatic rings. The van der Waals surface area contributed by atoms with E-state index in [0.29, 0.717) is 9.33 Å². The second-order valence-electron chi connectivity index (χ2n) is 6.07. The van der Waals surface area contributed by atoms with Gasteiger partial charge in [0, 0.05) is 11.1 Å². The first-order chi connectivity index (χ1) is 13.6. The van der Waals surface area contributed by atoms with Gasteiger partial charge >= 0.3 is 0 Å². The third-order valence-corrected chi connectivity index (χ3v) is 6.26. The summed E-state index contributed by atoms with van der Waals surface area (Å²) in [7, 11) is -2.79. The van der Waals surface area contributed by atoms with E-state index in [4.69, 9.17) is 32.7 Å². The number of halogens is 3. The molecule has 10 heteroatoms. The minimum absolute atomic E-state index is 0.0775. The van der Waals surface area contributed by atoms with Gasteiger partial charge in [-0.2, -0.15) is 0 Å². The SMILES string of the molecule is CCCS(=O)(=O)N(C(=O)C(C)Oc1ccc(Cl)cc1Cl)c1ccc(OC)c(F)c1. The van der Waals surface area contributed by atoms with Crippen molar-refractivity contribution in [3.63, 3.8) is 0 Å². The zero-order valence-electron chi connectivity index (χ0n) is 16.0. The molecule has 2 aromatic carbocycles. The molecule has 0 aliphatic rings. The van der Waals surface area contributed by atoms with Crippen LogP contribution in [0.15, 0.2) is 36.4 Å². The molecule has 0 aliphatic heterocycles. The number of nitrogens with zero attached hydrogens (tertiary/aromatic N) is 1. The van der Waals surface area contributed by atoms with Crippen molar-refractivity contribution in [2.75, 3.05) is 17.2 Å². The monoisotopic (exact) mass is 463 g/mol. The Labute approximate surface area is 179 Å². The van der Waals surface area contributed by atoms with E-state index in [2.05, 4.69) is 0 Å². The van der Waals surface area contributed by atoms with Crippen LogP contribution in [0.4, 0.5) is 10.1 Å². The molecule has 29 heavy (non-hydrogen) atoms. The number of sulfonamides is 1. The average molecular weight is 464 g/mol. The summed E-state index contributed by atoms with van der Waals surface area (Å²) in [6.45, 7) is 3.03. The normalized spacial score (nSPS) is 12.3. The minimum atomic E-state index is -4.07. The van der Waals surface area contributed by atoms with E-state index in [0.717, 1.165) is 6.07 Å². The number of carbonyl (C=O) groups is 1. The summed E-state index contributed by atoms with van der Waals surface area (Å²) in [6.07, 6.45) is -0.964. The number of anilines is 1. The first kappa shape index (κ1) is 23.3. The fourth-order valence-corrected chi connectivity index (χ4v) is 4.54. The molecule has 0 saturated heterocycles. The Bertz CT molecular complexity index is 1000. The maximum atomic E-state index is 14.2. The number of benzene rings is 2. The van der Waals surface area contributed by atoms with Crippen LogP contribution in [0.1, 0.15) is 20.3 Å². The molecule has 0 N–H and O–H groups in total. The summed E-state index contributed by atoms with van der Waals surface area (Å²) >= 11 is 11.9. The van der Waals surface area contributed by atoms with Crippen molar-refractivity contribution in [2.24, 2.45) is 0 Å². The lowest BCUT2D eigenvalue weighted by atomic mass is 10.2. The van der Waals surface area contributed by atoms with Gasteiger partial charge in [0.15, 0.2) is 17.7 Å². The van der Waals surface area contributed by atoms with E-state index < -0.39 is 27.9 Å². The molecule has 0 fully saturated rings. The molecule has 0 aromatic heterocycles. The fourth-order valence-electron chi connectivity index (χ4n) is 2.53. The molecule has 6 nitrogen and oxygen atoms in total. The Kier molecular flexibility index (Phi) is 7.73. The van der Waals surface area contributed by atoms with Crippen molar-refractivity contribution in [3.8, 4) is 11.5 Å². The zero-order chi connectivity index (χ0) is 21.8. The second-order valence-corrected chi connectivity index (χ2v) is 8.85. The van der Waals surface area contributed by atoms with Crippen molar-refractivity contribution in [1.29, 1.82) is 0 Å². The van der Waals surface area contributed by atoms with Crippen molar-refractivity contribution in [1.82, 2.24) is 0 Å². The van der Waals surface area contributed by atoms with Crippen molar-refractivity contribution in [2.45, 2.75) is 26.4 Å². The second kappa shape index (κ2) is 9.65. The number of carbonyl (C=O) groups excluding carboxylic acids is 1. The highest BCUT2D eigenvalue weighted by molar-refractivity contribution is 7.93.